The highest BCUT2D eigenvalue weighted by atomic mass is 16.7. The van der Waals surface area contributed by atoms with Gasteiger partial charge in [0.25, 0.3) is 5.91 Å². The van der Waals surface area contributed by atoms with Gasteiger partial charge in [0, 0.05) is 39.1 Å². The number of aliphatic hydroxyl groups is 1. The Bertz CT molecular complexity index is 995. The molecule has 186 valence electrons. The molecule has 2 heterocycles. The summed E-state index contributed by atoms with van der Waals surface area (Å²) < 4.78 is 12.3. The van der Waals surface area contributed by atoms with E-state index in [1.54, 1.807) is 0 Å². The van der Waals surface area contributed by atoms with Crippen molar-refractivity contribution >= 4 is 5.91 Å². The van der Waals surface area contributed by atoms with Gasteiger partial charge in [-0.1, -0.05) is 61.0 Å². The Kier molecular flexibility index (Phi) is 7.82. The number of aliphatic hydroxyl groups excluding tert-OH is 1. The second kappa shape index (κ2) is 11.4. The van der Waals surface area contributed by atoms with Crippen LogP contribution in [0.4, 0.5) is 0 Å². The van der Waals surface area contributed by atoms with Gasteiger partial charge in [-0.25, -0.2) is 0 Å². The van der Waals surface area contributed by atoms with Crippen molar-refractivity contribution in [2.45, 2.75) is 51.7 Å². The maximum atomic E-state index is 13.4. The largest absolute Gasteiger partial charge is 0.459 e. The molecule has 3 aliphatic rings. The van der Waals surface area contributed by atoms with Crippen LogP contribution in [-0.2, 0) is 34.0 Å². The van der Waals surface area contributed by atoms with Crippen LogP contribution < -0.4 is 0 Å². The fourth-order valence-electron chi connectivity index (χ4n) is 5.17. The second-order valence-corrected chi connectivity index (χ2v) is 10.0. The Labute approximate surface area is 208 Å². The number of amides is 1. The molecule has 0 spiro atoms. The lowest BCUT2D eigenvalue weighted by Gasteiger charge is -2.39. The van der Waals surface area contributed by atoms with Crippen LogP contribution in [0, 0.1) is 11.8 Å². The van der Waals surface area contributed by atoms with Crippen molar-refractivity contribution < 1.29 is 19.4 Å². The van der Waals surface area contributed by atoms with Gasteiger partial charge in [0.2, 0.25) is 6.29 Å². The molecule has 1 saturated carbocycles. The number of piperazine rings is 1. The smallest absolute Gasteiger partial charge is 0.288 e. The van der Waals surface area contributed by atoms with Crippen molar-refractivity contribution in [2.24, 2.45) is 11.8 Å². The molecule has 2 aliphatic heterocycles. The predicted octanol–water partition coefficient (Wildman–Crippen LogP) is 4.09. The summed E-state index contributed by atoms with van der Waals surface area (Å²) in [4.78, 5) is 17.8. The van der Waals surface area contributed by atoms with Crippen LogP contribution in [-0.4, -0.2) is 53.3 Å². The van der Waals surface area contributed by atoms with Gasteiger partial charge < -0.3 is 19.5 Å². The number of benzene rings is 2. The molecular formula is C29H36N2O4. The van der Waals surface area contributed by atoms with Crippen molar-refractivity contribution in [2.75, 3.05) is 26.2 Å². The molecule has 2 aromatic carbocycles. The Morgan fingerprint density at radius 3 is 2.31 bits per heavy atom. The maximum absolute atomic E-state index is 13.4. The topological polar surface area (TPSA) is 62.2 Å². The first kappa shape index (κ1) is 24.0. The third kappa shape index (κ3) is 6.13. The van der Waals surface area contributed by atoms with E-state index in [1.807, 2.05) is 35.2 Å². The quantitative estimate of drug-likeness (QED) is 0.622. The lowest BCUT2D eigenvalue weighted by molar-refractivity contribution is -0.162. The summed E-state index contributed by atoms with van der Waals surface area (Å²) in [6, 6.07) is 18.2. The molecular weight excluding hydrogens is 440 g/mol. The molecule has 2 aromatic rings. The van der Waals surface area contributed by atoms with Gasteiger partial charge in [-0.3, -0.25) is 9.69 Å². The van der Waals surface area contributed by atoms with Crippen LogP contribution in [0.1, 0.15) is 42.4 Å². The Morgan fingerprint density at radius 2 is 1.66 bits per heavy atom. The summed E-state index contributed by atoms with van der Waals surface area (Å²) in [7, 11) is 0. The molecule has 0 radical (unpaired) electrons. The Balaban J connectivity index is 1.18. The van der Waals surface area contributed by atoms with Gasteiger partial charge >= 0.3 is 0 Å². The van der Waals surface area contributed by atoms with E-state index in [0.29, 0.717) is 37.3 Å². The average molecular weight is 477 g/mol. The number of hydrogen-bond acceptors (Lipinski definition) is 5. The second-order valence-electron chi connectivity index (χ2n) is 10.0. The van der Waals surface area contributed by atoms with Crippen LogP contribution in [0.5, 0.6) is 0 Å². The first-order valence-corrected chi connectivity index (χ1v) is 12.9. The van der Waals surface area contributed by atoms with E-state index in [9.17, 15) is 9.90 Å². The molecule has 6 heteroatoms. The molecule has 35 heavy (non-hydrogen) atoms. The first-order chi connectivity index (χ1) is 17.2. The number of ether oxygens (including phenoxy) is 2. The van der Waals surface area contributed by atoms with Crippen LogP contribution >= 0.6 is 0 Å². The summed E-state index contributed by atoms with van der Waals surface area (Å²) in [6.45, 7) is 4.53. The normalized spacial score (nSPS) is 23.3. The van der Waals surface area contributed by atoms with E-state index in [4.69, 9.17) is 9.47 Å². The zero-order chi connectivity index (χ0) is 24.0. The number of carbonyl (C=O) groups excluding carboxylic acids is 1. The minimum Gasteiger partial charge on any atom is -0.459 e. The SMILES string of the molecule is O=C(C1=C[C@@H](C2CCC2)C[C@@H](OCc2ccc(CO)cc2)O1)N1CCN(Cc2ccccc2)CC1. The molecule has 5 rings (SSSR count). The molecule has 2 fully saturated rings. The molecule has 1 saturated heterocycles. The first-order valence-electron chi connectivity index (χ1n) is 12.9. The minimum absolute atomic E-state index is 0.00529. The maximum Gasteiger partial charge on any atom is 0.288 e. The van der Waals surface area contributed by atoms with E-state index in [2.05, 4.69) is 35.2 Å². The van der Waals surface area contributed by atoms with E-state index in [0.717, 1.165) is 37.2 Å². The third-order valence-electron chi connectivity index (χ3n) is 7.60. The van der Waals surface area contributed by atoms with Gasteiger partial charge in [-0.15, -0.1) is 0 Å². The predicted molar refractivity (Wildman–Crippen MR) is 134 cm³/mol. The standard InChI is InChI=1S/C29H36N2O4/c32-20-23-9-11-24(12-10-23)21-34-28-18-26(25-7-4-8-25)17-27(35-28)29(33)31-15-13-30(14-16-31)19-22-5-2-1-3-6-22/h1-3,5-6,9-12,17,25-26,28,32H,4,7-8,13-16,18-21H2/t26-,28+/m1/s1. The highest BCUT2D eigenvalue weighted by molar-refractivity contribution is 5.91. The van der Waals surface area contributed by atoms with E-state index in [-0.39, 0.29) is 12.5 Å². The molecule has 0 aromatic heterocycles. The lowest BCUT2D eigenvalue weighted by Crippen LogP contribution is -2.49. The van der Waals surface area contributed by atoms with Gasteiger partial charge in [-0.2, -0.15) is 0 Å². The molecule has 1 N–H and O–H groups in total. The Morgan fingerprint density at radius 1 is 0.943 bits per heavy atom. The number of hydrogen-bond donors (Lipinski definition) is 1. The van der Waals surface area contributed by atoms with Crippen LogP contribution in [0.15, 0.2) is 66.4 Å². The summed E-state index contributed by atoms with van der Waals surface area (Å²) >= 11 is 0. The molecule has 2 atom stereocenters. The van der Waals surface area contributed by atoms with Crippen LogP contribution in [0.2, 0.25) is 0 Å². The Hall–Kier alpha value is -2.67. The molecule has 1 amide bonds. The van der Waals surface area contributed by atoms with Crippen molar-refractivity contribution in [1.29, 1.82) is 0 Å². The van der Waals surface area contributed by atoms with Crippen molar-refractivity contribution in [3.8, 4) is 0 Å². The van der Waals surface area contributed by atoms with E-state index >= 15 is 0 Å². The fraction of sp³-hybridized carbons (Fsp3) is 0.483. The van der Waals surface area contributed by atoms with Gasteiger partial charge in [0.1, 0.15) is 0 Å². The molecule has 6 nitrogen and oxygen atoms in total. The van der Waals surface area contributed by atoms with Crippen molar-refractivity contribution in [3.05, 3.63) is 83.1 Å². The van der Waals surface area contributed by atoms with Crippen molar-refractivity contribution in [1.82, 2.24) is 9.80 Å². The van der Waals surface area contributed by atoms with Gasteiger partial charge in [0.05, 0.1) is 13.2 Å². The number of nitrogens with zero attached hydrogens (tertiary/aromatic N) is 2. The molecule has 1 aliphatic carbocycles. The van der Waals surface area contributed by atoms with Gasteiger partial charge in [-0.05, 0) is 47.4 Å². The number of allylic oxidation sites excluding steroid dienone is 1. The zero-order valence-electron chi connectivity index (χ0n) is 20.4. The highest BCUT2D eigenvalue weighted by Crippen LogP contribution is 2.40. The summed E-state index contributed by atoms with van der Waals surface area (Å²) in [5.41, 5.74) is 3.22. The molecule has 0 unspecified atom stereocenters. The van der Waals surface area contributed by atoms with E-state index < -0.39 is 6.29 Å². The highest BCUT2D eigenvalue weighted by Gasteiger charge is 2.36. The molecule has 0 bridgehead atoms. The summed E-state index contributed by atoms with van der Waals surface area (Å²) in [6.07, 6.45) is 6.16. The summed E-state index contributed by atoms with van der Waals surface area (Å²) in [5.74, 6) is 1.41. The lowest BCUT2D eigenvalue weighted by atomic mass is 9.73. The van der Waals surface area contributed by atoms with E-state index in [1.165, 1.54) is 24.8 Å². The summed E-state index contributed by atoms with van der Waals surface area (Å²) in [5, 5.41) is 9.25. The van der Waals surface area contributed by atoms with Crippen LogP contribution in [0.25, 0.3) is 0 Å². The van der Waals surface area contributed by atoms with Crippen LogP contribution in [0.3, 0.4) is 0 Å². The van der Waals surface area contributed by atoms with Crippen molar-refractivity contribution in [3.63, 3.8) is 0 Å². The number of rotatable bonds is 8. The monoisotopic (exact) mass is 476 g/mol. The van der Waals surface area contributed by atoms with Gasteiger partial charge in [0.15, 0.2) is 5.76 Å². The fourth-order valence-corrected chi connectivity index (χ4v) is 5.17. The minimum atomic E-state index is -0.415. The third-order valence-corrected chi connectivity index (χ3v) is 7.60. The zero-order valence-corrected chi connectivity index (χ0v) is 20.4. The average Bonchev–Trinajstić information content (AvgIpc) is 2.87. The number of carbonyl (C=O) groups is 1.